The Labute approximate surface area is 158 Å². The van der Waals surface area contributed by atoms with Crippen LogP contribution >= 0.6 is 0 Å². The zero-order chi connectivity index (χ0) is 18.8. The summed E-state index contributed by atoms with van der Waals surface area (Å²) < 4.78 is 11.2. The minimum Gasteiger partial charge on any atom is -0.492 e. The molecular formula is C20H34N4O2. The number of nitrogens with zero attached hydrogens (tertiary/aromatic N) is 2. The van der Waals surface area contributed by atoms with Crippen LogP contribution in [0.5, 0.6) is 5.75 Å². The second-order valence-electron chi connectivity index (χ2n) is 7.00. The molecule has 0 amide bonds. The van der Waals surface area contributed by atoms with Gasteiger partial charge in [0.25, 0.3) is 0 Å². The van der Waals surface area contributed by atoms with Crippen LogP contribution in [0, 0.1) is 12.8 Å². The van der Waals surface area contributed by atoms with Crippen molar-refractivity contribution in [2.45, 2.75) is 26.8 Å². The molecule has 1 heterocycles. The SMILES string of the molecule is CN=C(NCCOc1cccc(C)c1)NCC(C(C)C)N1CCOCC1. The fourth-order valence-electron chi connectivity index (χ4n) is 3.16. The lowest BCUT2D eigenvalue weighted by Crippen LogP contribution is -2.52. The third-order valence-corrected chi connectivity index (χ3v) is 4.64. The molecule has 1 aromatic rings. The summed E-state index contributed by atoms with van der Waals surface area (Å²) in [5.74, 6) is 2.29. The number of hydrogen-bond acceptors (Lipinski definition) is 4. The molecule has 0 aromatic heterocycles. The van der Waals surface area contributed by atoms with E-state index in [1.54, 1.807) is 7.05 Å². The maximum absolute atomic E-state index is 5.77. The molecule has 2 N–H and O–H groups in total. The lowest BCUT2D eigenvalue weighted by Gasteiger charge is -2.37. The Kier molecular flexibility index (Phi) is 8.71. The smallest absolute Gasteiger partial charge is 0.191 e. The first-order valence-corrected chi connectivity index (χ1v) is 9.56. The Morgan fingerprint density at radius 3 is 2.69 bits per heavy atom. The van der Waals surface area contributed by atoms with E-state index in [-0.39, 0.29) is 0 Å². The first-order chi connectivity index (χ1) is 12.6. The highest BCUT2D eigenvalue weighted by atomic mass is 16.5. The highest BCUT2D eigenvalue weighted by molar-refractivity contribution is 5.79. The number of nitrogens with one attached hydrogen (secondary N) is 2. The summed E-state index contributed by atoms with van der Waals surface area (Å²) >= 11 is 0. The van der Waals surface area contributed by atoms with Gasteiger partial charge in [-0.3, -0.25) is 9.89 Å². The number of guanidine groups is 1. The molecule has 1 aliphatic rings. The first kappa shape index (κ1) is 20.5. The molecule has 2 rings (SSSR count). The van der Waals surface area contributed by atoms with Crippen molar-refractivity contribution in [3.05, 3.63) is 29.8 Å². The number of aryl methyl sites for hydroxylation is 1. The molecule has 1 unspecified atom stereocenters. The lowest BCUT2D eigenvalue weighted by atomic mass is 10.0. The number of rotatable bonds is 8. The Morgan fingerprint density at radius 2 is 2.04 bits per heavy atom. The van der Waals surface area contributed by atoms with E-state index in [0.717, 1.165) is 44.6 Å². The molecule has 0 radical (unpaired) electrons. The van der Waals surface area contributed by atoms with E-state index in [1.165, 1.54) is 5.56 Å². The zero-order valence-electron chi connectivity index (χ0n) is 16.6. The van der Waals surface area contributed by atoms with Gasteiger partial charge in [-0.1, -0.05) is 26.0 Å². The number of benzene rings is 1. The van der Waals surface area contributed by atoms with Crippen LogP contribution in [-0.4, -0.2) is 69.9 Å². The van der Waals surface area contributed by atoms with Gasteiger partial charge in [0.1, 0.15) is 12.4 Å². The monoisotopic (exact) mass is 362 g/mol. The van der Waals surface area contributed by atoms with E-state index >= 15 is 0 Å². The average Bonchev–Trinajstić information content (AvgIpc) is 2.64. The standard InChI is InChI=1S/C20H34N4O2/c1-16(2)19(24-9-12-25-13-10-24)15-23-20(21-4)22-8-11-26-18-7-5-6-17(3)14-18/h5-7,14,16,19H,8-13,15H2,1-4H3,(H2,21,22,23). The molecule has 0 saturated carbocycles. The summed E-state index contributed by atoms with van der Waals surface area (Å²) in [6.07, 6.45) is 0. The maximum Gasteiger partial charge on any atom is 0.191 e. The van der Waals surface area contributed by atoms with Crippen molar-refractivity contribution in [1.82, 2.24) is 15.5 Å². The van der Waals surface area contributed by atoms with Crippen LogP contribution in [0.2, 0.25) is 0 Å². The molecule has 6 nitrogen and oxygen atoms in total. The van der Waals surface area contributed by atoms with Gasteiger partial charge in [-0.2, -0.15) is 0 Å². The molecular weight excluding hydrogens is 328 g/mol. The quantitative estimate of drug-likeness (QED) is 0.420. The molecule has 0 aliphatic carbocycles. The largest absolute Gasteiger partial charge is 0.492 e. The van der Waals surface area contributed by atoms with Crippen LogP contribution in [0.4, 0.5) is 0 Å². The van der Waals surface area contributed by atoms with Crippen LogP contribution in [0.3, 0.4) is 0 Å². The van der Waals surface area contributed by atoms with E-state index in [0.29, 0.717) is 25.1 Å². The lowest BCUT2D eigenvalue weighted by molar-refractivity contribution is 0.00752. The predicted molar refractivity (Wildman–Crippen MR) is 107 cm³/mol. The molecule has 26 heavy (non-hydrogen) atoms. The number of hydrogen-bond donors (Lipinski definition) is 2. The highest BCUT2D eigenvalue weighted by Gasteiger charge is 2.23. The summed E-state index contributed by atoms with van der Waals surface area (Å²) in [4.78, 5) is 6.83. The van der Waals surface area contributed by atoms with Crippen molar-refractivity contribution in [3.63, 3.8) is 0 Å². The molecule has 6 heteroatoms. The molecule has 1 aliphatic heterocycles. The summed E-state index contributed by atoms with van der Waals surface area (Å²) in [6, 6.07) is 8.58. The van der Waals surface area contributed by atoms with Gasteiger partial charge in [0, 0.05) is 32.7 Å². The van der Waals surface area contributed by atoms with Gasteiger partial charge in [-0.25, -0.2) is 0 Å². The predicted octanol–water partition coefficient (Wildman–Crippen LogP) is 1.90. The minimum absolute atomic E-state index is 0.473. The number of aliphatic imine (C=N–C) groups is 1. The van der Waals surface area contributed by atoms with Crippen LogP contribution < -0.4 is 15.4 Å². The van der Waals surface area contributed by atoms with Crippen LogP contribution in [0.25, 0.3) is 0 Å². The Balaban J connectivity index is 1.72. The first-order valence-electron chi connectivity index (χ1n) is 9.56. The normalized spacial score (nSPS) is 17.2. The fourth-order valence-corrected chi connectivity index (χ4v) is 3.16. The van der Waals surface area contributed by atoms with Crippen molar-refractivity contribution >= 4 is 5.96 Å². The van der Waals surface area contributed by atoms with E-state index in [1.807, 2.05) is 18.2 Å². The highest BCUT2D eigenvalue weighted by Crippen LogP contribution is 2.13. The van der Waals surface area contributed by atoms with Crippen molar-refractivity contribution < 1.29 is 9.47 Å². The van der Waals surface area contributed by atoms with Crippen molar-refractivity contribution in [3.8, 4) is 5.75 Å². The van der Waals surface area contributed by atoms with Gasteiger partial charge in [-0.15, -0.1) is 0 Å². The Morgan fingerprint density at radius 1 is 1.27 bits per heavy atom. The van der Waals surface area contributed by atoms with E-state index in [2.05, 4.69) is 47.4 Å². The Hall–Kier alpha value is -1.79. The third-order valence-electron chi connectivity index (χ3n) is 4.64. The maximum atomic E-state index is 5.77. The van der Waals surface area contributed by atoms with E-state index < -0.39 is 0 Å². The summed E-state index contributed by atoms with van der Waals surface area (Å²) in [5.41, 5.74) is 1.20. The molecule has 1 fully saturated rings. The van der Waals surface area contributed by atoms with Gasteiger partial charge < -0.3 is 20.1 Å². The molecule has 146 valence electrons. The van der Waals surface area contributed by atoms with E-state index in [9.17, 15) is 0 Å². The van der Waals surface area contributed by atoms with Crippen molar-refractivity contribution in [1.29, 1.82) is 0 Å². The van der Waals surface area contributed by atoms with Gasteiger partial charge in [-0.05, 0) is 30.5 Å². The van der Waals surface area contributed by atoms with Crippen molar-refractivity contribution in [2.75, 3.05) is 53.0 Å². The van der Waals surface area contributed by atoms with Crippen LogP contribution in [-0.2, 0) is 4.74 Å². The van der Waals surface area contributed by atoms with Gasteiger partial charge in [0.2, 0.25) is 0 Å². The third kappa shape index (κ3) is 6.84. The van der Waals surface area contributed by atoms with E-state index in [4.69, 9.17) is 9.47 Å². The number of morpholine rings is 1. The van der Waals surface area contributed by atoms with Gasteiger partial charge in [0.15, 0.2) is 5.96 Å². The average molecular weight is 363 g/mol. The molecule has 1 saturated heterocycles. The molecule has 0 bridgehead atoms. The second-order valence-corrected chi connectivity index (χ2v) is 7.00. The Bertz CT molecular complexity index is 556. The fraction of sp³-hybridized carbons (Fsp3) is 0.650. The van der Waals surface area contributed by atoms with Crippen molar-refractivity contribution in [2.24, 2.45) is 10.9 Å². The van der Waals surface area contributed by atoms with Crippen LogP contribution in [0.15, 0.2) is 29.3 Å². The summed E-state index contributed by atoms with van der Waals surface area (Å²) in [5, 5.41) is 6.78. The van der Waals surface area contributed by atoms with Gasteiger partial charge in [0.05, 0.1) is 19.8 Å². The summed E-state index contributed by atoms with van der Waals surface area (Å²) in [7, 11) is 1.80. The van der Waals surface area contributed by atoms with Crippen LogP contribution in [0.1, 0.15) is 19.4 Å². The second kappa shape index (κ2) is 11.0. The minimum atomic E-state index is 0.473. The molecule has 1 atom stereocenters. The topological polar surface area (TPSA) is 58.1 Å². The van der Waals surface area contributed by atoms with Gasteiger partial charge >= 0.3 is 0 Å². The zero-order valence-corrected chi connectivity index (χ0v) is 16.6. The molecule has 0 spiro atoms. The summed E-state index contributed by atoms with van der Waals surface area (Å²) in [6.45, 7) is 12.4. The number of ether oxygens (including phenoxy) is 2. The molecule has 1 aromatic carbocycles.